The number of carbonyl (C=O) groups excluding carboxylic acids is 2. The third kappa shape index (κ3) is 7.59. The Morgan fingerprint density at radius 1 is 1.56 bits per heavy atom. The van der Waals surface area contributed by atoms with E-state index in [1.165, 1.54) is 0 Å². The van der Waals surface area contributed by atoms with E-state index in [1.807, 2.05) is 0 Å². The molecule has 0 rings (SSSR count). The van der Waals surface area contributed by atoms with E-state index in [2.05, 4.69) is 11.3 Å². The van der Waals surface area contributed by atoms with Crippen molar-refractivity contribution in [3.05, 3.63) is 12.7 Å². The molecule has 0 aliphatic heterocycles. The van der Waals surface area contributed by atoms with E-state index in [1.54, 1.807) is 0 Å². The molecule has 9 heavy (non-hydrogen) atoms. The van der Waals surface area contributed by atoms with Crippen LogP contribution in [-0.2, 0) is 36.0 Å². The average Bonchev–Trinajstić information content (AvgIpc) is 1.65. The Morgan fingerprint density at radius 3 is 2.11 bits per heavy atom. The third-order valence-corrected chi connectivity index (χ3v) is 0.411. The Bertz CT molecular complexity index is 130. The zero-order valence-electron chi connectivity index (χ0n) is 5.01. The topological polar surface area (TPSA) is 43.4 Å². The number of carbonyl (C=O) groups is 2. The van der Waals surface area contributed by atoms with Crippen molar-refractivity contribution in [3.63, 3.8) is 0 Å². The normalized spacial score (nSPS) is 6.78. The largest absolute Gasteiger partial charge is 0.390 e. The van der Waals surface area contributed by atoms with Crippen molar-refractivity contribution in [1.82, 2.24) is 0 Å². The molecule has 3 nitrogen and oxygen atoms in total. The van der Waals surface area contributed by atoms with E-state index in [0.717, 1.165) is 13.0 Å². The van der Waals surface area contributed by atoms with E-state index in [-0.39, 0.29) is 21.7 Å². The first kappa shape index (κ1) is 11.4. The van der Waals surface area contributed by atoms with Gasteiger partial charge in [-0.2, -0.15) is 0 Å². The number of rotatable bonds is 1. The molecule has 0 aromatic rings. The van der Waals surface area contributed by atoms with E-state index in [4.69, 9.17) is 0 Å². The van der Waals surface area contributed by atoms with Crippen LogP contribution in [0.15, 0.2) is 12.7 Å². The number of hydrogen-bond acceptors (Lipinski definition) is 3. The molecule has 0 atom stereocenters. The zero-order valence-corrected chi connectivity index (χ0v) is 6.57. The summed E-state index contributed by atoms with van der Waals surface area (Å²) in [5, 5.41) is 0. The summed E-state index contributed by atoms with van der Waals surface area (Å²) < 4.78 is 4.00. The minimum atomic E-state index is -0.711. The van der Waals surface area contributed by atoms with Crippen molar-refractivity contribution >= 4 is 11.9 Å². The van der Waals surface area contributed by atoms with Crippen LogP contribution in [0.4, 0.5) is 0 Å². The predicted octanol–water partition coefficient (Wildman–Crippen LogP) is 0.260. The molecule has 0 N–H and O–H groups in total. The summed E-state index contributed by atoms with van der Waals surface area (Å²) in [6, 6.07) is 0. The van der Waals surface area contributed by atoms with Crippen molar-refractivity contribution < 1.29 is 36.0 Å². The van der Waals surface area contributed by atoms with Crippen LogP contribution in [0.3, 0.4) is 0 Å². The van der Waals surface area contributed by atoms with Gasteiger partial charge in [0, 0.05) is 34.7 Å². The van der Waals surface area contributed by atoms with Gasteiger partial charge in [-0.25, -0.2) is 4.79 Å². The maximum absolute atomic E-state index is 10.1. The van der Waals surface area contributed by atoms with Crippen LogP contribution in [0.5, 0.6) is 0 Å². The van der Waals surface area contributed by atoms with Crippen LogP contribution < -0.4 is 0 Å². The van der Waals surface area contributed by atoms with E-state index in [9.17, 15) is 9.59 Å². The molecule has 0 saturated heterocycles. The minimum absolute atomic E-state index is 0. The summed E-state index contributed by atoms with van der Waals surface area (Å²) in [4.78, 5) is 20.0. The second kappa shape index (κ2) is 5.73. The summed E-state index contributed by atoms with van der Waals surface area (Å²) in [6.07, 6.45) is 0.932. The molecule has 0 radical (unpaired) electrons. The SMILES string of the molecule is C=CC(=O)OC(C)=O.[Ti]. The quantitative estimate of drug-likeness (QED) is 0.240. The van der Waals surface area contributed by atoms with Crippen LogP contribution in [0, 0.1) is 0 Å². The van der Waals surface area contributed by atoms with Gasteiger partial charge in [0.2, 0.25) is 0 Å². The van der Waals surface area contributed by atoms with Gasteiger partial charge in [0.15, 0.2) is 0 Å². The Labute approximate surface area is 68.0 Å². The fourth-order valence-corrected chi connectivity index (χ4v) is 0.183. The summed E-state index contributed by atoms with van der Waals surface area (Å²) in [5.74, 6) is -1.33. The maximum Gasteiger partial charge on any atom is 0.337 e. The van der Waals surface area contributed by atoms with Gasteiger partial charge < -0.3 is 4.74 Å². The van der Waals surface area contributed by atoms with Crippen LogP contribution in [-0.4, -0.2) is 11.9 Å². The molecule has 0 fully saturated rings. The summed E-state index contributed by atoms with van der Waals surface area (Å²) in [7, 11) is 0. The molecule has 0 amide bonds. The first-order valence-electron chi connectivity index (χ1n) is 2.01. The molecular weight excluding hydrogens is 156 g/mol. The molecule has 0 aliphatic carbocycles. The molecule has 0 unspecified atom stereocenters. The zero-order chi connectivity index (χ0) is 6.57. The summed E-state index contributed by atoms with van der Waals surface area (Å²) in [5.41, 5.74) is 0. The second-order valence-electron chi connectivity index (χ2n) is 1.12. The van der Waals surface area contributed by atoms with Crippen molar-refractivity contribution in [2.45, 2.75) is 6.92 Å². The fraction of sp³-hybridized carbons (Fsp3) is 0.200. The average molecular weight is 162 g/mol. The van der Waals surface area contributed by atoms with Crippen molar-refractivity contribution in [1.29, 1.82) is 0 Å². The molecule has 0 spiro atoms. The molecule has 0 saturated carbocycles. The number of ether oxygens (including phenoxy) is 1. The van der Waals surface area contributed by atoms with Gasteiger partial charge in [-0.3, -0.25) is 4.79 Å². The van der Waals surface area contributed by atoms with Gasteiger partial charge in [0.1, 0.15) is 0 Å². The molecule has 48 valence electrons. The summed E-state index contributed by atoms with van der Waals surface area (Å²) >= 11 is 0. The molecule has 0 heterocycles. The molecular formula is C5H6O3Ti. The first-order valence-corrected chi connectivity index (χ1v) is 2.01. The van der Waals surface area contributed by atoms with Crippen LogP contribution in [0.25, 0.3) is 0 Å². The van der Waals surface area contributed by atoms with Crippen molar-refractivity contribution in [3.8, 4) is 0 Å². The van der Waals surface area contributed by atoms with Gasteiger partial charge in [-0.1, -0.05) is 6.58 Å². The molecule has 0 bridgehead atoms. The number of esters is 2. The Balaban J connectivity index is 0. The number of hydrogen-bond donors (Lipinski definition) is 0. The molecule has 0 aliphatic rings. The predicted molar refractivity (Wildman–Crippen MR) is 27.0 cm³/mol. The van der Waals surface area contributed by atoms with Crippen molar-refractivity contribution in [2.24, 2.45) is 0 Å². The standard InChI is InChI=1S/C5H6O3.Ti/c1-3-5(7)8-4(2)6;/h3H,1H2,2H3;. The van der Waals surface area contributed by atoms with E-state index < -0.39 is 11.9 Å². The maximum atomic E-state index is 10.1. The smallest absolute Gasteiger partial charge is 0.337 e. The van der Waals surface area contributed by atoms with Gasteiger partial charge in [-0.05, 0) is 0 Å². The van der Waals surface area contributed by atoms with Gasteiger partial charge in [-0.15, -0.1) is 0 Å². The van der Waals surface area contributed by atoms with Crippen LogP contribution in [0.1, 0.15) is 6.92 Å². The molecule has 0 aromatic carbocycles. The third-order valence-electron chi connectivity index (χ3n) is 0.411. The van der Waals surface area contributed by atoms with Gasteiger partial charge in [0.05, 0.1) is 0 Å². The van der Waals surface area contributed by atoms with Crippen molar-refractivity contribution in [2.75, 3.05) is 0 Å². The Morgan fingerprint density at radius 2 is 2.00 bits per heavy atom. The van der Waals surface area contributed by atoms with E-state index >= 15 is 0 Å². The monoisotopic (exact) mass is 162 g/mol. The minimum Gasteiger partial charge on any atom is -0.390 e. The molecule has 0 aromatic heterocycles. The van der Waals surface area contributed by atoms with Crippen LogP contribution in [0.2, 0.25) is 0 Å². The van der Waals surface area contributed by atoms with E-state index in [0.29, 0.717) is 0 Å². The molecule has 4 heteroatoms. The Kier molecular flexibility index (Phi) is 7.25. The Hall–Kier alpha value is -0.406. The van der Waals surface area contributed by atoms with Crippen LogP contribution >= 0.6 is 0 Å². The first-order chi connectivity index (χ1) is 3.66. The second-order valence-corrected chi connectivity index (χ2v) is 1.12. The summed E-state index contributed by atoms with van der Waals surface area (Å²) in [6.45, 7) is 4.24. The fourth-order valence-electron chi connectivity index (χ4n) is 0.183. The van der Waals surface area contributed by atoms with Gasteiger partial charge >= 0.3 is 11.9 Å². The van der Waals surface area contributed by atoms with Gasteiger partial charge in [0.25, 0.3) is 0 Å².